The van der Waals surface area contributed by atoms with Gasteiger partial charge in [0.05, 0.1) is 12.6 Å². The Morgan fingerprint density at radius 3 is 2.55 bits per heavy atom. The summed E-state index contributed by atoms with van der Waals surface area (Å²) in [4.78, 5) is 1.32. The molecule has 102 valence electrons. The summed E-state index contributed by atoms with van der Waals surface area (Å²) >= 11 is 3.96. The van der Waals surface area contributed by atoms with Crippen LogP contribution in [0.4, 0.5) is 0 Å². The maximum Gasteiger partial charge on any atom is 0.164 e. The highest BCUT2D eigenvalue weighted by Crippen LogP contribution is 2.26. The van der Waals surface area contributed by atoms with E-state index in [1.54, 1.807) is 11.3 Å². The van der Waals surface area contributed by atoms with Crippen LogP contribution in [0.1, 0.15) is 22.2 Å². The minimum atomic E-state index is 0.207. The summed E-state index contributed by atoms with van der Waals surface area (Å²) in [6, 6.07) is 19.0. The van der Waals surface area contributed by atoms with Crippen molar-refractivity contribution in [2.24, 2.45) is 0 Å². The van der Waals surface area contributed by atoms with Gasteiger partial charge in [-0.25, -0.2) is 0 Å². The molecule has 0 radical (unpaired) electrons. The molecule has 2 heterocycles. The lowest BCUT2D eigenvalue weighted by Crippen LogP contribution is -2.20. The SMILES string of the molecule is Ic1ccc(CNC(c2ccccc2)c2cccs2)o1. The highest BCUT2D eigenvalue weighted by molar-refractivity contribution is 14.1. The van der Waals surface area contributed by atoms with E-state index in [9.17, 15) is 0 Å². The van der Waals surface area contributed by atoms with Crippen LogP contribution in [0, 0.1) is 3.77 Å². The molecule has 1 unspecified atom stereocenters. The van der Waals surface area contributed by atoms with E-state index >= 15 is 0 Å². The molecule has 1 aromatic carbocycles. The van der Waals surface area contributed by atoms with Gasteiger partial charge in [0.15, 0.2) is 3.77 Å². The molecule has 0 amide bonds. The molecular weight excluding hydrogens is 381 g/mol. The Kier molecular flexibility index (Phi) is 4.54. The Morgan fingerprint density at radius 2 is 1.90 bits per heavy atom. The molecule has 1 atom stereocenters. The van der Waals surface area contributed by atoms with Crippen molar-refractivity contribution in [3.63, 3.8) is 0 Å². The summed E-state index contributed by atoms with van der Waals surface area (Å²) in [7, 11) is 0. The smallest absolute Gasteiger partial charge is 0.164 e. The van der Waals surface area contributed by atoms with Crippen LogP contribution in [-0.4, -0.2) is 0 Å². The minimum absolute atomic E-state index is 0.207. The van der Waals surface area contributed by atoms with Crippen molar-refractivity contribution in [1.82, 2.24) is 5.32 Å². The van der Waals surface area contributed by atoms with E-state index in [2.05, 4.69) is 69.7 Å². The second-order valence-electron chi connectivity index (χ2n) is 4.45. The van der Waals surface area contributed by atoms with Crippen LogP contribution < -0.4 is 5.32 Å². The topological polar surface area (TPSA) is 25.2 Å². The zero-order valence-electron chi connectivity index (χ0n) is 10.8. The van der Waals surface area contributed by atoms with Crippen LogP contribution in [0.3, 0.4) is 0 Å². The van der Waals surface area contributed by atoms with Crippen molar-refractivity contribution < 1.29 is 4.42 Å². The Bertz CT molecular complexity index is 648. The van der Waals surface area contributed by atoms with E-state index in [1.165, 1.54) is 10.4 Å². The minimum Gasteiger partial charge on any atom is -0.454 e. The average molecular weight is 395 g/mol. The molecule has 0 aliphatic carbocycles. The fraction of sp³-hybridized carbons (Fsp3) is 0.125. The number of thiophene rings is 1. The van der Waals surface area contributed by atoms with Gasteiger partial charge in [-0.15, -0.1) is 11.3 Å². The molecule has 2 aromatic heterocycles. The van der Waals surface area contributed by atoms with Gasteiger partial charge in [0, 0.05) is 4.88 Å². The maximum atomic E-state index is 5.61. The molecule has 2 nitrogen and oxygen atoms in total. The number of hydrogen-bond acceptors (Lipinski definition) is 3. The Hall–Kier alpha value is -1.11. The first-order chi connectivity index (χ1) is 9.83. The Labute approximate surface area is 136 Å². The predicted molar refractivity (Wildman–Crippen MR) is 90.9 cm³/mol. The number of halogens is 1. The van der Waals surface area contributed by atoms with Crippen LogP contribution in [0.2, 0.25) is 0 Å². The molecule has 0 bridgehead atoms. The summed E-state index contributed by atoms with van der Waals surface area (Å²) in [5, 5.41) is 5.70. The molecule has 0 saturated carbocycles. The first kappa shape index (κ1) is 13.9. The normalized spacial score (nSPS) is 12.4. The number of nitrogens with one attached hydrogen (secondary N) is 1. The summed E-state index contributed by atoms with van der Waals surface area (Å²) in [6.45, 7) is 0.723. The monoisotopic (exact) mass is 395 g/mol. The number of rotatable bonds is 5. The van der Waals surface area contributed by atoms with E-state index in [-0.39, 0.29) is 6.04 Å². The zero-order chi connectivity index (χ0) is 13.8. The molecule has 0 saturated heterocycles. The largest absolute Gasteiger partial charge is 0.454 e. The van der Waals surface area contributed by atoms with Crippen molar-refractivity contribution in [3.05, 3.63) is 79.9 Å². The predicted octanol–water partition coefficient (Wildman–Crippen LogP) is 4.82. The molecule has 0 aliphatic heterocycles. The summed E-state index contributed by atoms with van der Waals surface area (Å²) < 4.78 is 6.54. The van der Waals surface area contributed by atoms with E-state index in [0.29, 0.717) is 0 Å². The fourth-order valence-electron chi connectivity index (χ4n) is 2.13. The van der Waals surface area contributed by atoms with E-state index < -0.39 is 0 Å². The van der Waals surface area contributed by atoms with Crippen molar-refractivity contribution in [2.75, 3.05) is 0 Å². The average Bonchev–Trinajstić information content (AvgIpc) is 3.12. The first-order valence-corrected chi connectivity index (χ1v) is 8.35. The quantitative estimate of drug-likeness (QED) is 0.627. The van der Waals surface area contributed by atoms with E-state index in [1.807, 2.05) is 18.2 Å². The van der Waals surface area contributed by atoms with Gasteiger partial charge in [0.1, 0.15) is 5.76 Å². The van der Waals surface area contributed by atoms with E-state index in [0.717, 1.165) is 16.1 Å². The van der Waals surface area contributed by atoms with Gasteiger partial charge in [0.25, 0.3) is 0 Å². The molecule has 0 aliphatic rings. The Balaban J connectivity index is 1.80. The van der Waals surface area contributed by atoms with Gasteiger partial charge in [-0.05, 0) is 51.7 Å². The van der Waals surface area contributed by atoms with Gasteiger partial charge >= 0.3 is 0 Å². The van der Waals surface area contributed by atoms with Crippen LogP contribution >= 0.6 is 33.9 Å². The zero-order valence-corrected chi connectivity index (χ0v) is 13.7. The highest BCUT2D eigenvalue weighted by Gasteiger charge is 2.14. The molecule has 1 N–H and O–H groups in total. The third-order valence-electron chi connectivity index (χ3n) is 3.07. The van der Waals surface area contributed by atoms with Gasteiger partial charge in [-0.3, -0.25) is 5.32 Å². The van der Waals surface area contributed by atoms with Crippen LogP contribution in [0.25, 0.3) is 0 Å². The molecule has 20 heavy (non-hydrogen) atoms. The third kappa shape index (κ3) is 3.31. The van der Waals surface area contributed by atoms with Crippen molar-refractivity contribution >= 4 is 33.9 Å². The number of hydrogen-bond donors (Lipinski definition) is 1. The molecule has 0 fully saturated rings. The fourth-order valence-corrected chi connectivity index (χ4v) is 3.42. The van der Waals surface area contributed by atoms with E-state index in [4.69, 9.17) is 4.42 Å². The number of benzene rings is 1. The van der Waals surface area contributed by atoms with Gasteiger partial charge < -0.3 is 4.42 Å². The third-order valence-corrected chi connectivity index (χ3v) is 4.59. The second-order valence-corrected chi connectivity index (χ2v) is 6.49. The lowest BCUT2D eigenvalue weighted by atomic mass is 10.1. The van der Waals surface area contributed by atoms with Gasteiger partial charge in [-0.2, -0.15) is 0 Å². The first-order valence-electron chi connectivity index (χ1n) is 6.39. The molecular formula is C16H14INOS. The molecule has 3 aromatic rings. The van der Waals surface area contributed by atoms with Gasteiger partial charge in [-0.1, -0.05) is 36.4 Å². The molecule has 0 spiro atoms. The molecule has 4 heteroatoms. The standard InChI is InChI=1S/C16H14INOS/c17-15-9-8-13(19-15)11-18-16(14-7-4-10-20-14)12-5-2-1-3-6-12/h1-10,16,18H,11H2. The van der Waals surface area contributed by atoms with Gasteiger partial charge in [0.2, 0.25) is 0 Å². The van der Waals surface area contributed by atoms with Crippen molar-refractivity contribution in [2.45, 2.75) is 12.6 Å². The lowest BCUT2D eigenvalue weighted by Gasteiger charge is -2.17. The summed E-state index contributed by atoms with van der Waals surface area (Å²) in [5.41, 5.74) is 1.27. The number of furan rings is 1. The highest BCUT2D eigenvalue weighted by atomic mass is 127. The summed E-state index contributed by atoms with van der Waals surface area (Å²) in [5.74, 6) is 0.965. The summed E-state index contributed by atoms with van der Waals surface area (Å²) in [6.07, 6.45) is 0. The molecule has 3 rings (SSSR count). The second kappa shape index (κ2) is 6.56. The Morgan fingerprint density at radius 1 is 1.05 bits per heavy atom. The van der Waals surface area contributed by atoms with Crippen LogP contribution in [0.15, 0.2) is 64.4 Å². The van der Waals surface area contributed by atoms with Crippen LogP contribution in [0.5, 0.6) is 0 Å². The van der Waals surface area contributed by atoms with Crippen LogP contribution in [-0.2, 0) is 6.54 Å². The van der Waals surface area contributed by atoms with Crippen molar-refractivity contribution in [1.29, 1.82) is 0 Å². The lowest BCUT2D eigenvalue weighted by molar-refractivity contribution is 0.452. The maximum absolute atomic E-state index is 5.61. The van der Waals surface area contributed by atoms with Crippen molar-refractivity contribution in [3.8, 4) is 0 Å².